The quantitative estimate of drug-likeness (QED) is 0.553. The van der Waals surface area contributed by atoms with Crippen LogP contribution in [0.4, 0.5) is 0 Å². The Morgan fingerprint density at radius 2 is 1.55 bits per heavy atom. The molecule has 2 heteroatoms. The van der Waals surface area contributed by atoms with Gasteiger partial charge in [-0.3, -0.25) is 0 Å². The highest BCUT2D eigenvalue weighted by Crippen LogP contribution is 2.68. The maximum Gasteiger partial charge on any atom is 0.0804 e. The molecular weight excluding hydrogens is 356 g/mol. The summed E-state index contributed by atoms with van der Waals surface area (Å²) in [4.78, 5) is 0. The molecule has 4 fully saturated rings. The van der Waals surface area contributed by atoms with Crippen LogP contribution in [0.1, 0.15) is 105 Å². The molecule has 4 rings (SSSR count). The lowest BCUT2D eigenvalue weighted by Gasteiger charge is -2.61. The molecule has 4 aliphatic rings. The molecule has 0 amide bonds. The molecule has 0 aromatic heterocycles. The lowest BCUT2D eigenvalue weighted by Crippen LogP contribution is -2.56. The second-order valence-corrected chi connectivity index (χ2v) is 12.8. The van der Waals surface area contributed by atoms with Crippen molar-refractivity contribution < 1.29 is 10.2 Å². The zero-order chi connectivity index (χ0) is 21.0. The maximum atomic E-state index is 10.5. The molecule has 0 saturated heterocycles. The highest BCUT2D eigenvalue weighted by atomic mass is 16.3. The van der Waals surface area contributed by atoms with Gasteiger partial charge in [0.15, 0.2) is 0 Å². The van der Waals surface area contributed by atoms with Gasteiger partial charge in [0, 0.05) is 0 Å². The van der Waals surface area contributed by atoms with Gasteiger partial charge in [0.05, 0.1) is 12.2 Å². The topological polar surface area (TPSA) is 40.5 Å². The highest BCUT2D eigenvalue weighted by Gasteiger charge is 2.61. The van der Waals surface area contributed by atoms with Gasteiger partial charge in [0.2, 0.25) is 0 Å². The molecule has 0 aromatic carbocycles. The Balaban J connectivity index is 1.47. The molecule has 29 heavy (non-hydrogen) atoms. The van der Waals surface area contributed by atoms with Crippen molar-refractivity contribution in [3.63, 3.8) is 0 Å². The Hall–Kier alpha value is -0.0800. The van der Waals surface area contributed by atoms with E-state index in [9.17, 15) is 10.2 Å². The molecule has 2 N–H and O–H groups in total. The average Bonchev–Trinajstić information content (AvgIpc) is 3.00. The summed E-state index contributed by atoms with van der Waals surface area (Å²) in [6, 6.07) is 0. The summed E-state index contributed by atoms with van der Waals surface area (Å²) >= 11 is 0. The molecule has 0 aromatic rings. The van der Waals surface area contributed by atoms with Crippen molar-refractivity contribution in [1.29, 1.82) is 0 Å². The Kier molecular flexibility index (Phi) is 6.19. The predicted molar refractivity (Wildman–Crippen MR) is 120 cm³/mol. The van der Waals surface area contributed by atoms with E-state index in [1.165, 1.54) is 57.8 Å². The summed E-state index contributed by atoms with van der Waals surface area (Å²) < 4.78 is 0. The molecule has 0 spiro atoms. The van der Waals surface area contributed by atoms with Crippen molar-refractivity contribution >= 4 is 0 Å². The second-order valence-electron chi connectivity index (χ2n) is 12.8. The first-order valence-corrected chi connectivity index (χ1v) is 13.0. The first kappa shape index (κ1) is 22.1. The van der Waals surface area contributed by atoms with Crippen LogP contribution in [0.5, 0.6) is 0 Å². The monoisotopic (exact) mass is 404 g/mol. The average molecular weight is 405 g/mol. The van der Waals surface area contributed by atoms with E-state index in [4.69, 9.17) is 0 Å². The number of rotatable bonds is 5. The van der Waals surface area contributed by atoms with E-state index in [1.54, 1.807) is 0 Å². The molecule has 1 unspecified atom stereocenters. The van der Waals surface area contributed by atoms with Gasteiger partial charge in [0.25, 0.3) is 0 Å². The van der Waals surface area contributed by atoms with Gasteiger partial charge >= 0.3 is 0 Å². The van der Waals surface area contributed by atoms with Gasteiger partial charge in [-0.05, 0) is 104 Å². The maximum absolute atomic E-state index is 10.5. The fourth-order valence-electron chi connectivity index (χ4n) is 9.30. The lowest BCUT2D eigenvalue weighted by molar-refractivity contribution is -0.160. The minimum absolute atomic E-state index is 0.254. The van der Waals surface area contributed by atoms with Crippen LogP contribution < -0.4 is 0 Å². The summed E-state index contributed by atoms with van der Waals surface area (Å²) in [7, 11) is 0. The number of aliphatic hydroxyl groups excluding tert-OH is 2. The van der Waals surface area contributed by atoms with Gasteiger partial charge in [-0.1, -0.05) is 53.9 Å². The fraction of sp³-hybridized carbons (Fsp3) is 1.00. The first-order chi connectivity index (χ1) is 13.7. The molecule has 4 saturated carbocycles. The van der Waals surface area contributed by atoms with Gasteiger partial charge in [0.1, 0.15) is 0 Å². The third-order valence-corrected chi connectivity index (χ3v) is 10.9. The van der Waals surface area contributed by atoms with Crippen LogP contribution in [0.25, 0.3) is 0 Å². The van der Waals surface area contributed by atoms with E-state index in [1.807, 2.05) is 0 Å². The Morgan fingerprint density at radius 3 is 2.28 bits per heavy atom. The summed E-state index contributed by atoms with van der Waals surface area (Å²) in [5.74, 6) is 5.80. The molecule has 2 nitrogen and oxygen atoms in total. The lowest BCUT2D eigenvalue weighted by atomic mass is 9.44. The van der Waals surface area contributed by atoms with Crippen LogP contribution in [-0.2, 0) is 0 Å². The summed E-state index contributed by atoms with van der Waals surface area (Å²) in [5.41, 5.74) is 0.804. The third kappa shape index (κ3) is 3.73. The van der Waals surface area contributed by atoms with E-state index < -0.39 is 12.2 Å². The van der Waals surface area contributed by atoms with Crippen LogP contribution in [0.15, 0.2) is 0 Å². The number of hydrogen-bond donors (Lipinski definition) is 2. The zero-order valence-corrected chi connectivity index (χ0v) is 19.9. The molecular formula is C27H48O2. The molecule has 4 aliphatic carbocycles. The number of fused-ring (bicyclic) bond motifs is 5. The normalized spacial score (nSPS) is 50.7. The molecule has 0 bridgehead atoms. The van der Waals surface area contributed by atoms with Gasteiger partial charge in [-0.15, -0.1) is 0 Å². The first-order valence-electron chi connectivity index (χ1n) is 13.0. The van der Waals surface area contributed by atoms with Crippen LogP contribution in [-0.4, -0.2) is 22.4 Å². The summed E-state index contributed by atoms with van der Waals surface area (Å²) in [6.07, 6.45) is 13.2. The Labute approximate surface area is 180 Å². The summed E-state index contributed by atoms with van der Waals surface area (Å²) in [6.45, 7) is 12.4. The van der Waals surface area contributed by atoms with Gasteiger partial charge in [-0.25, -0.2) is 0 Å². The minimum atomic E-state index is -0.499. The van der Waals surface area contributed by atoms with Crippen LogP contribution >= 0.6 is 0 Å². The highest BCUT2D eigenvalue weighted by molar-refractivity contribution is 5.10. The largest absolute Gasteiger partial charge is 0.390 e. The molecule has 0 heterocycles. The van der Waals surface area contributed by atoms with Crippen molar-refractivity contribution in [3.8, 4) is 0 Å². The number of aliphatic hydroxyl groups is 2. The van der Waals surface area contributed by atoms with Crippen molar-refractivity contribution in [3.05, 3.63) is 0 Å². The van der Waals surface area contributed by atoms with Gasteiger partial charge < -0.3 is 10.2 Å². The second kappa shape index (κ2) is 8.12. The molecule has 0 aliphatic heterocycles. The van der Waals surface area contributed by atoms with Crippen molar-refractivity contribution in [2.24, 2.45) is 52.3 Å². The van der Waals surface area contributed by atoms with E-state index >= 15 is 0 Å². The van der Waals surface area contributed by atoms with Crippen molar-refractivity contribution in [2.45, 2.75) is 117 Å². The van der Waals surface area contributed by atoms with Crippen molar-refractivity contribution in [2.75, 3.05) is 0 Å². The number of hydrogen-bond acceptors (Lipinski definition) is 2. The Morgan fingerprint density at radius 1 is 0.828 bits per heavy atom. The smallest absolute Gasteiger partial charge is 0.0804 e. The predicted octanol–water partition coefficient (Wildman–Crippen LogP) is 6.44. The van der Waals surface area contributed by atoms with E-state index in [0.29, 0.717) is 11.3 Å². The zero-order valence-electron chi connectivity index (χ0n) is 19.9. The minimum Gasteiger partial charge on any atom is -0.390 e. The standard InChI is InChI=1S/C27H48O2/c1-17(2)7-6-8-18(3)21-11-12-22-20-10-9-19-15-24(28)25(29)16-27(19,5)23(20)13-14-26(21,22)4/h17-25,28-29H,6-16H2,1-5H3/t18-,19?,20+,21-,22+,23+,24+,25+,26-,27+/m1/s1. The van der Waals surface area contributed by atoms with Crippen LogP contribution in [0.2, 0.25) is 0 Å². The van der Waals surface area contributed by atoms with Gasteiger partial charge in [-0.2, -0.15) is 0 Å². The van der Waals surface area contributed by atoms with Crippen LogP contribution in [0, 0.1) is 52.3 Å². The third-order valence-electron chi connectivity index (χ3n) is 10.9. The van der Waals surface area contributed by atoms with E-state index in [2.05, 4.69) is 34.6 Å². The molecule has 168 valence electrons. The van der Waals surface area contributed by atoms with Crippen molar-refractivity contribution in [1.82, 2.24) is 0 Å². The fourth-order valence-corrected chi connectivity index (χ4v) is 9.30. The SMILES string of the molecule is CC(C)CCC[C@@H](C)[C@H]1CC[C@H]2[C@@H]3CCC4C[C@H](O)[C@@H](O)C[C@]4(C)[C@H]3CC[C@]12C. The van der Waals surface area contributed by atoms with E-state index in [0.717, 1.165) is 48.3 Å². The molecule has 10 atom stereocenters. The van der Waals surface area contributed by atoms with Crippen LogP contribution in [0.3, 0.4) is 0 Å². The molecule has 0 radical (unpaired) electrons. The summed E-state index contributed by atoms with van der Waals surface area (Å²) in [5, 5.41) is 20.8. The Bertz CT molecular complexity index is 573. The van der Waals surface area contributed by atoms with E-state index in [-0.39, 0.29) is 5.41 Å².